The smallest absolute Gasteiger partial charge is 0.0378 e. The average Bonchev–Trinajstić information content (AvgIpc) is 2.49. The van der Waals surface area contributed by atoms with Crippen molar-refractivity contribution >= 4 is 5.69 Å². The molecule has 2 atom stereocenters. The monoisotopic (exact) mass is 267 g/mol. The number of hydrogen-bond donors (Lipinski definition) is 1. The number of rotatable bonds is 6. The molecule has 0 amide bonds. The van der Waals surface area contributed by atoms with E-state index in [9.17, 15) is 0 Å². The molecule has 0 saturated heterocycles. The van der Waals surface area contributed by atoms with E-state index in [0.29, 0.717) is 12.0 Å². The average molecular weight is 267 g/mol. The third-order valence-electron chi connectivity index (χ3n) is 4.14. The molecule has 0 aliphatic rings. The molecule has 0 fully saturated rings. The molecule has 0 spiro atoms. The van der Waals surface area contributed by atoms with Crippen molar-refractivity contribution in [1.29, 1.82) is 0 Å². The van der Waals surface area contributed by atoms with Gasteiger partial charge in [0.15, 0.2) is 0 Å². The maximum absolute atomic E-state index is 3.68. The molecule has 2 unspecified atom stereocenters. The molecule has 2 aromatic carbocycles. The molecule has 0 heterocycles. The second-order valence-corrected chi connectivity index (χ2v) is 5.64. The zero-order chi connectivity index (χ0) is 14.4. The summed E-state index contributed by atoms with van der Waals surface area (Å²) in [5.41, 5.74) is 4.00. The minimum atomic E-state index is 0.497. The Morgan fingerprint density at radius 2 is 1.55 bits per heavy atom. The van der Waals surface area contributed by atoms with E-state index < -0.39 is 0 Å². The Morgan fingerprint density at radius 3 is 2.25 bits per heavy atom. The quantitative estimate of drug-likeness (QED) is 0.765. The summed E-state index contributed by atoms with van der Waals surface area (Å²) in [4.78, 5) is 0. The lowest BCUT2D eigenvalue weighted by Crippen LogP contribution is -2.23. The molecular weight excluding hydrogens is 242 g/mol. The molecule has 0 aliphatic carbocycles. The lowest BCUT2D eigenvalue weighted by molar-refractivity contribution is 0.494. The number of anilines is 1. The van der Waals surface area contributed by atoms with Gasteiger partial charge in [0.1, 0.15) is 0 Å². The van der Waals surface area contributed by atoms with Crippen LogP contribution >= 0.6 is 0 Å². The van der Waals surface area contributed by atoms with E-state index in [2.05, 4.69) is 80.7 Å². The lowest BCUT2D eigenvalue weighted by Gasteiger charge is -2.23. The zero-order valence-corrected chi connectivity index (χ0v) is 12.8. The highest BCUT2D eigenvalue weighted by atomic mass is 14.9. The van der Waals surface area contributed by atoms with Gasteiger partial charge in [0.05, 0.1) is 0 Å². The van der Waals surface area contributed by atoms with Crippen molar-refractivity contribution < 1.29 is 0 Å². The first-order valence-corrected chi connectivity index (χ1v) is 7.59. The van der Waals surface area contributed by atoms with E-state index in [4.69, 9.17) is 0 Å². The van der Waals surface area contributed by atoms with Crippen molar-refractivity contribution in [3.05, 3.63) is 65.7 Å². The highest BCUT2D eigenvalue weighted by Gasteiger charge is 2.11. The van der Waals surface area contributed by atoms with Gasteiger partial charge in [-0.05, 0) is 36.5 Å². The fraction of sp³-hybridized carbons (Fsp3) is 0.368. The lowest BCUT2D eigenvalue weighted by atomic mass is 9.98. The van der Waals surface area contributed by atoms with E-state index >= 15 is 0 Å². The van der Waals surface area contributed by atoms with Crippen LogP contribution in [0.15, 0.2) is 54.6 Å². The highest BCUT2D eigenvalue weighted by molar-refractivity contribution is 5.53. The van der Waals surface area contributed by atoms with Crippen LogP contribution in [0.2, 0.25) is 0 Å². The maximum Gasteiger partial charge on any atom is 0.0378 e. The summed E-state index contributed by atoms with van der Waals surface area (Å²) in [7, 11) is 0. The molecule has 0 aliphatic heterocycles. The molecule has 0 saturated carbocycles. The van der Waals surface area contributed by atoms with E-state index in [1.165, 1.54) is 23.2 Å². The van der Waals surface area contributed by atoms with E-state index in [1.54, 1.807) is 0 Å². The second kappa shape index (κ2) is 7.14. The van der Waals surface area contributed by atoms with Crippen LogP contribution in [-0.2, 0) is 6.42 Å². The molecule has 2 aromatic rings. The van der Waals surface area contributed by atoms with Gasteiger partial charge >= 0.3 is 0 Å². The Balaban J connectivity index is 2.14. The van der Waals surface area contributed by atoms with Gasteiger partial charge in [-0.1, -0.05) is 68.8 Å². The molecule has 0 bridgehead atoms. The Kier molecular flexibility index (Phi) is 5.23. The number of para-hydroxylation sites is 1. The van der Waals surface area contributed by atoms with Crippen LogP contribution in [0.3, 0.4) is 0 Å². The first-order chi connectivity index (χ1) is 9.70. The third-order valence-corrected chi connectivity index (χ3v) is 4.14. The summed E-state index contributed by atoms with van der Waals surface area (Å²) in [6.45, 7) is 6.82. The van der Waals surface area contributed by atoms with Gasteiger partial charge in [0, 0.05) is 11.7 Å². The molecule has 2 rings (SSSR count). The van der Waals surface area contributed by atoms with Crippen molar-refractivity contribution in [3.8, 4) is 0 Å². The predicted octanol–water partition coefficient (Wildman–Crippen LogP) is 5.12. The van der Waals surface area contributed by atoms with Crippen LogP contribution in [0.4, 0.5) is 5.69 Å². The summed E-state index contributed by atoms with van der Waals surface area (Å²) in [5, 5.41) is 3.68. The first kappa shape index (κ1) is 14.6. The summed E-state index contributed by atoms with van der Waals surface area (Å²) >= 11 is 0. The molecule has 0 radical (unpaired) electrons. The molecule has 1 N–H and O–H groups in total. The Bertz CT molecular complexity index is 518. The van der Waals surface area contributed by atoms with Crippen molar-refractivity contribution in [2.75, 3.05) is 5.32 Å². The summed E-state index contributed by atoms with van der Waals surface area (Å²) in [6, 6.07) is 19.8. The highest BCUT2D eigenvalue weighted by Crippen LogP contribution is 2.22. The van der Waals surface area contributed by atoms with Crippen LogP contribution in [0, 0.1) is 5.92 Å². The van der Waals surface area contributed by atoms with Gasteiger partial charge in [-0.3, -0.25) is 0 Å². The van der Waals surface area contributed by atoms with Crippen LogP contribution in [0.5, 0.6) is 0 Å². The SMILES string of the molecule is CCC(C)C(C)Nc1ccccc1Cc1ccccc1. The van der Waals surface area contributed by atoms with Gasteiger partial charge in [0.25, 0.3) is 0 Å². The van der Waals surface area contributed by atoms with Crippen molar-refractivity contribution in [2.45, 2.75) is 39.7 Å². The summed E-state index contributed by atoms with van der Waals surface area (Å²) < 4.78 is 0. The maximum atomic E-state index is 3.68. The minimum Gasteiger partial charge on any atom is -0.382 e. The fourth-order valence-corrected chi connectivity index (χ4v) is 2.37. The minimum absolute atomic E-state index is 0.497. The van der Waals surface area contributed by atoms with E-state index in [-0.39, 0.29) is 0 Å². The molecule has 1 nitrogen and oxygen atoms in total. The molecular formula is C19H25N. The largest absolute Gasteiger partial charge is 0.382 e. The number of hydrogen-bond acceptors (Lipinski definition) is 1. The molecule has 0 aromatic heterocycles. The summed E-state index contributed by atoms with van der Waals surface area (Å²) in [6.07, 6.45) is 2.19. The van der Waals surface area contributed by atoms with Crippen LogP contribution in [-0.4, -0.2) is 6.04 Å². The topological polar surface area (TPSA) is 12.0 Å². The van der Waals surface area contributed by atoms with Crippen LogP contribution in [0.1, 0.15) is 38.3 Å². The van der Waals surface area contributed by atoms with Gasteiger partial charge in [-0.2, -0.15) is 0 Å². The van der Waals surface area contributed by atoms with Crippen molar-refractivity contribution in [3.63, 3.8) is 0 Å². The molecule has 1 heteroatoms. The Morgan fingerprint density at radius 1 is 0.900 bits per heavy atom. The van der Waals surface area contributed by atoms with Crippen molar-refractivity contribution in [2.24, 2.45) is 5.92 Å². The van der Waals surface area contributed by atoms with Gasteiger partial charge in [0.2, 0.25) is 0 Å². The second-order valence-electron chi connectivity index (χ2n) is 5.64. The predicted molar refractivity (Wildman–Crippen MR) is 88.2 cm³/mol. The van der Waals surface area contributed by atoms with Crippen LogP contribution < -0.4 is 5.32 Å². The van der Waals surface area contributed by atoms with Gasteiger partial charge in [-0.15, -0.1) is 0 Å². The van der Waals surface area contributed by atoms with E-state index in [1.807, 2.05) is 0 Å². The first-order valence-electron chi connectivity index (χ1n) is 7.59. The van der Waals surface area contributed by atoms with E-state index in [0.717, 1.165) is 6.42 Å². The molecule has 106 valence electrons. The fourth-order valence-electron chi connectivity index (χ4n) is 2.37. The number of benzene rings is 2. The van der Waals surface area contributed by atoms with Crippen LogP contribution in [0.25, 0.3) is 0 Å². The standard InChI is InChI=1S/C19H25N/c1-4-15(2)16(3)20-19-13-9-8-12-18(19)14-17-10-6-5-7-11-17/h5-13,15-16,20H,4,14H2,1-3H3. The van der Waals surface area contributed by atoms with Crippen molar-refractivity contribution in [1.82, 2.24) is 0 Å². The normalized spacial score (nSPS) is 13.8. The van der Waals surface area contributed by atoms with Gasteiger partial charge in [-0.25, -0.2) is 0 Å². The zero-order valence-electron chi connectivity index (χ0n) is 12.8. The molecule has 20 heavy (non-hydrogen) atoms. The van der Waals surface area contributed by atoms with Gasteiger partial charge < -0.3 is 5.32 Å². The number of nitrogens with one attached hydrogen (secondary N) is 1. The summed E-state index contributed by atoms with van der Waals surface area (Å²) in [5.74, 6) is 0.680. The Labute approximate surface area is 123 Å². The third kappa shape index (κ3) is 3.86. The Hall–Kier alpha value is -1.76.